The highest BCUT2D eigenvalue weighted by Gasteiger charge is 2.17. The molecule has 0 aliphatic carbocycles. The highest BCUT2D eigenvalue weighted by atomic mass is 32.1. The fraction of sp³-hybridized carbons (Fsp3) is 0.538. The van der Waals surface area contributed by atoms with Crippen LogP contribution in [0.15, 0.2) is 23.8 Å². The molecule has 0 amide bonds. The Labute approximate surface area is 107 Å². The minimum atomic E-state index is 0.0226. The predicted octanol–water partition coefficient (Wildman–Crippen LogP) is 3.27. The molecule has 92 valence electrons. The lowest BCUT2D eigenvalue weighted by atomic mass is 10.1. The van der Waals surface area contributed by atoms with Gasteiger partial charge in [0.25, 0.3) is 0 Å². The molecule has 2 aromatic rings. The summed E-state index contributed by atoms with van der Waals surface area (Å²) in [4.78, 5) is 5.81. The monoisotopic (exact) mass is 249 g/mol. The Bertz CT molecular complexity index is 451. The Morgan fingerprint density at radius 2 is 2.12 bits per heavy atom. The number of aryl methyl sites for hydroxylation is 2. The van der Waals surface area contributed by atoms with Crippen molar-refractivity contribution < 1.29 is 0 Å². The lowest BCUT2D eigenvalue weighted by molar-refractivity contribution is 0.340. The molecule has 4 heteroatoms. The largest absolute Gasteiger partial charge is 0.245 e. The molecule has 0 atom stereocenters. The molecule has 2 heterocycles. The first-order valence-electron chi connectivity index (χ1n) is 5.99. The Hall–Kier alpha value is -1.16. The molecule has 0 N–H and O–H groups in total. The number of hydrogen-bond donors (Lipinski definition) is 0. The lowest BCUT2D eigenvalue weighted by Crippen LogP contribution is -2.25. The van der Waals surface area contributed by atoms with E-state index in [9.17, 15) is 0 Å². The third-order valence-corrected chi connectivity index (χ3v) is 3.59. The van der Waals surface area contributed by atoms with Crippen LogP contribution in [0.5, 0.6) is 0 Å². The fourth-order valence-corrected chi connectivity index (χ4v) is 2.62. The second kappa shape index (κ2) is 5.00. The van der Waals surface area contributed by atoms with Crippen molar-refractivity contribution in [2.75, 3.05) is 0 Å². The van der Waals surface area contributed by atoms with E-state index in [1.54, 1.807) is 6.33 Å². The summed E-state index contributed by atoms with van der Waals surface area (Å²) in [5.74, 6) is 1.09. The van der Waals surface area contributed by atoms with Crippen LogP contribution in [0.1, 0.15) is 37.9 Å². The van der Waals surface area contributed by atoms with Crippen LogP contribution in [-0.4, -0.2) is 14.8 Å². The van der Waals surface area contributed by atoms with Crippen molar-refractivity contribution in [1.82, 2.24) is 14.8 Å². The van der Waals surface area contributed by atoms with Crippen LogP contribution < -0.4 is 0 Å². The van der Waals surface area contributed by atoms with Gasteiger partial charge in [0, 0.05) is 11.3 Å². The summed E-state index contributed by atoms with van der Waals surface area (Å²) in [7, 11) is 0. The summed E-state index contributed by atoms with van der Waals surface area (Å²) in [6.07, 6.45) is 4.92. The van der Waals surface area contributed by atoms with Gasteiger partial charge in [0.05, 0.1) is 5.54 Å². The Kier molecular flexibility index (Phi) is 3.62. The van der Waals surface area contributed by atoms with Crippen LogP contribution in [0.3, 0.4) is 0 Å². The zero-order chi connectivity index (χ0) is 12.3. The van der Waals surface area contributed by atoms with E-state index >= 15 is 0 Å². The van der Waals surface area contributed by atoms with E-state index in [0.29, 0.717) is 0 Å². The minimum absolute atomic E-state index is 0.0226. The molecule has 2 aromatic heterocycles. The van der Waals surface area contributed by atoms with Gasteiger partial charge in [0.1, 0.15) is 12.2 Å². The van der Waals surface area contributed by atoms with Crippen LogP contribution in [-0.2, 0) is 18.4 Å². The molecule has 0 saturated carbocycles. The van der Waals surface area contributed by atoms with Gasteiger partial charge in [-0.15, -0.1) is 11.3 Å². The summed E-state index contributed by atoms with van der Waals surface area (Å²) >= 11 is 1.83. The summed E-state index contributed by atoms with van der Waals surface area (Å²) in [6.45, 7) is 6.47. The van der Waals surface area contributed by atoms with Gasteiger partial charge in [-0.3, -0.25) is 0 Å². The Morgan fingerprint density at radius 1 is 1.29 bits per heavy atom. The molecule has 0 saturated heterocycles. The van der Waals surface area contributed by atoms with Crippen molar-refractivity contribution >= 4 is 11.3 Å². The van der Waals surface area contributed by atoms with Crippen LogP contribution in [0, 0.1) is 0 Å². The molecule has 0 aliphatic rings. The van der Waals surface area contributed by atoms with Crippen LogP contribution >= 0.6 is 11.3 Å². The quantitative estimate of drug-likeness (QED) is 0.832. The first kappa shape index (κ1) is 12.3. The van der Waals surface area contributed by atoms with E-state index in [1.165, 1.54) is 4.88 Å². The lowest BCUT2D eigenvalue weighted by Gasteiger charge is -2.21. The van der Waals surface area contributed by atoms with Crippen molar-refractivity contribution in [3.63, 3.8) is 0 Å². The highest BCUT2D eigenvalue weighted by Crippen LogP contribution is 2.16. The van der Waals surface area contributed by atoms with Gasteiger partial charge in [-0.05, 0) is 45.1 Å². The van der Waals surface area contributed by atoms with Crippen molar-refractivity contribution in [2.24, 2.45) is 0 Å². The minimum Gasteiger partial charge on any atom is -0.245 e. The predicted molar refractivity (Wildman–Crippen MR) is 71.4 cm³/mol. The molecule has 0 radical (unpaired) electrons. The third-order valence-electron chi connectivity index (χ3n) is 2.66. The summed E-state index contributed by atoms with van der Waals surface area (Å²) in [5.41, 5.74) is 0.0226. The fourth-order valence-electron chi connectivity index (χ4n) is 1.87. The van der Waals surface area contributed by atoms with Crippen molar-refractivity contribution in [2.45, 2.75) is 45.6 Å². The number of nitrogens with zero attached hydrogens (tertiary/aromatic N) is 3. The third kappa shape index (κ3) is 3.16. The van der Waals surface area contributed by atoms with E-state index < -0.39 is 0 Å². The van der Waals surface area contributed by atoms with Gasteiger partial charge in [-0.25, -0.2) is 9.67 Å². The second-order valence-electron chi connectivity index (χ2n) is 5.19. The zero-order valence-electron chi connectivity index (χ0n) is 10.7. The Balaban J connectivity index is 1.93. The molecule has 0 bridgehead atoms. The maximum Gasteiger partial charge on any atom is 0.138 e. The van der Waals surface area contributed by atoms with Crippen molar-refractivity contribution in [1.29, 1.82) is 0 Å². The average Bonchev–Trinajstić information content (AvgIpc) is 2.86. The van der Waals surface area contributed by atoms with Crippen LogP contribution in [0.4, 0.5) is 0 Å². The molecule has 0 spiro atoms. The van der Waals surface area contributed by atoms with E-state index in [-0.39, 0.29) is 5.54 Å². The topological polar surface area (TPSA) is 30.7 Å². The average molecular weight is 249 g/mol. The summed E-state index contributed by atoms with van der Waals surface area (Å²) < 4.78 is 2.03. The number of hydrogen-bond acceptors (Lipinski definition) is 3. The van der Waals surface area contributed by atoms with Gasteiger partial charge < -0.3 is 0 Å². The molecule has 2 rings (SSSR count). The van der Waals surface area contributed by atoms with Gasteiger partial charge in [0.2, 0.25) is 0 Å². The molecular formula is C13H19N3S. The van der Waals surface area contributed by atoms with Gasteiger partial charge in [-0.2, -0.15) is 5.10 Å². The van der Waals surface area contributed by atoms with E-state index in [1.807, 2.05) is 16.0 Å². The highest BCUT2D eigenvalue weighted by molar-refractivity contribution is 7.09. The molecule has 17 heavy (non-hydrogen) atoms. The van der Waals surface area contributed by atoms with E-state index in [4.69, 9.17) is 0 Å². The first-order valence-corrected chi connectivity index (χ1v) is 6.87. The first-order chi connectivity index (χ1) is 8.07. The Morgan fingerprint density at radius 3 is 2.76 bits per heavy atom. The second-order valence-corrected chi connectivity index (χ2v) is 6.22. The van der Waals surface area contributed by atoms with Gasteiger partial charge >= 0.3 is 0 Å². The maximum atomic E-state index is 4.36. The molecule has 3 nitrogen and oxygen atoms in total. The van der Waals surface area contributed by atoms with E-state index in [2.05, 4.69) is 48.4 Å². The summed E-state index contributed by atoms with van der Waals surface area (Å²) in [5, 5.41) is 6.44. The standard InChI is InChI=1S/C13H19N3S/c1-13(2,3)16-12(14-10-15-16)8-4-6-11-7-5-9-17-11/h5,7,9-10H,4,6,8H2,1-3H3. The molecule has 0 aromatic carbocycles. The van der Waals surface area contributed by atoms with Crippen molar-refractivity contribution in [3.8, 4) is 0 Å². The van der Waals surface area contributed by atoms with Gasteiger partial charge in [0.15, 0.2) is 0 Å². The number of rotatable bonds is 4. The molecular weight excluding hydrogens is 230 g/mol. The van der Waals surface area contributed by atoms with E-state index in [0.717, 1.165) is 25.1 Å². The smallest absolute Gasteiger partial charge is 0.138 e. The molecule has 0 fully saturated rings. The molecule has 0 unspecified atom stereocenters. The summed E-state index contributed by atoms with van der Waals surface area (Å²) in [6, 6.07) is 4.30. The SMILES string of the molecule is CC(C)(C)n1ncnc1CCCc1cccs1. The van der Waals surface area contributed by atoms with Crippen LogP contribution in [0.25, 0.3) is 0 Å². The molecule has 0 aliphatic heterocycles. The van der Waals surface area contributed by atoms with Crippen molar-refractivity contribution in [3.05, 3.63) is 34.5 Å². The number of aromatic nitrogens is 3. The zero-order valence-corrected chi connectivity index (χ0v) is 11.5. The number of thiophene rings is 1. The normalized spacial score (nSPS) is 11.9. The van der Waals surface area contributed by atoms with Crippen LogP contribution in [0.2, 0.25) is 0 Å². The maximum absolute atomic E-state index is 4.36. The van der Waals surface area contributed by atoms with Gasteiger partial charge in [-0.1, -0.05) is 6.07 Å².